The van der Waals surface area contributed by atoms with Crippen LogP contribution in [0, 0.1) is 0 Å². The van der Waals surface area contributed by atoms with Gasteiger partial charge in [-0.25, -0.2) is 0 Å². The number of hydrogen-bond donors (Lipinski definition) is 0. The average Bonchev–Trinajstić information content (AvgIpc) is 1.56. The molecule has 0 fully saturated rings. The molecule has 0 aliphatic carbocycles. The summed E-state index contributed by atoms with van der Waals surface area (Å²) in [7, 11) is 1.70. The second-order valence-electron chi connectivity index (χ2n) is 37.9. The highest BCUT2D eigenvalue weighted by molar-refractivity contribution is 7.27. The molecule has 0 N–H and O–H groups in total. The molecule has 688 valence electrons. The normalized spacial score (nSPS) is 12.0. The van der Waals surface area contributed by atoms with Gasteiger partial charge in [-0.3, -0.25) is 15.0 Å². The molecule has 12 heterocycles. The molecular weight excluding hydrogens is 1840 g/mol. The van der Waals surface area contributed by atoms with E-state index in [0.717, 1.165) is 127 Å². The van der Waals surface area contributed by atoms with Crippen LogP contribution < -0.4 is 4.74 Å². The Bertz CT molecular complexity index is 11200. The van der Waals surface area contributed by atoms with Gasteiger partial charge in [-0.1, -0.05) is 182 Å². The van der Waals surface area contributed by atoms with Gasteiger partial charge in [0.25, 0.3) is 0 Å². The Labute approximate surface area is 845 Å². The van der Waals surface area contributed by atoms with Crippen LogP contribution in [0.15, 0.2) is 485 Å². The molecule has 0 aliphatic heterocycles. The second-order valence-corrected chi connectivity index (χ2v) is 40.0. The number of furan rings is 5. The lowest BCUT2D eigenvalue weighted by Gasteiger charge is -2.19. The van der Waals surface area contributed by atoms with Crippen LogP contribution in [-0.4, -0.2) is 31.2 Å². The standard InChI is InChI=1S/C40H23NO2.C38H23N3O.C29H18O2S.C27H15NOS/c1-2-8-27(9-3-1)41-36-12-6-4-10-28(36)34-22-32-30(24-14-15-39-35(18-24)29-11-5-7-13-38(29)43-39)20-26-21-40-25(16-17-42-40)19-31(26)33(32)23-37(34)41;1-2-8-27(9-3-1)41-34-11-5-4-10-28(34)31-20-32-30(21-35(31)41)29-19-25-14-18-42-36(25)22-33(29)37(24-12-16-39-17-13-24)38(32)26-7-6-15-40-23-26;1-30-20-8-6-17(7-9-20)24-15-19-16-26-18(12-13-31-26)14-25(19)28-22(24)10-11-23-21-4-2-3-5-27(21)32-29(23)28;1-2-6-25-19(5-1)21-8-7-20-22(17-4-3-10-28-15-17)13-18-14-24-16(9-11-29-24)12-23(18)26(20)27(21)30-25/h1-23H;1-23H;2-16H,1H3;1-15H. The van der Waals surface area contributed by atoms with Crippen LogP contribution in [0.25, 0.3) is 303 Å². The van der Waals surface area contributed by atoms with Crippen LogP contribution >= 0.6 is 22.7 Å². The van der Waals surface area contributed by atoms with Gasteiger partial charge in [-0.2, -0.15) is 0 Å². The van der Waals surface area contributed by atoms with Gasteiger partial charge in [0.1, 0.15) is 39.2 Å². The van der Waals surface area contributed by atoms with Crippen LogP contribution in [0.2, 0.25) is 0 Å². The first-order valence-corrected chi connectivity index (χ1v) is 50.8. The molecule has 0 unspecified atom stereocenters. The van der Waals surface area contributed by atoms with Crippen molar-refractivity contribution in [2.75, 3.05) is 7.11 Å². The number of nitrogens with zero attached hydrogens (tertiary/aromatic N) is 5. The molecule has 0 bridgehead atoms. The fourth-order valence-corrected chi connectivity index (χ4v) is 25.7. The van der Waals surface area contributed by atoms with E-state index in [0.29, 0.717) is 0 Å². The Morgan fingerprint density at radius 3 is 1.20 bits per heavy atom. The van der Waals surface area contributed by atoms with Gasteiger partial charge in [0.2, 0.25) is 0 Å². The smallest absolute Gasteiger partial charge is 0.135 e. The summed E-state index contributed by atoms with van der Waals surface area (Å²) in [6, 6.07) is 143. The van der Waals surface area contributed by atoms with E-state index in [1.54, 1.807) is 32.2 Å². The van der Waals surface area contributed by atoms with Crippen molar-refractivity contribution in [2.24, 2.45) is 0 Å². The quantitative estimate of drug-likeness (QED) is 0.137. The number of benzene rings is 21. The third-order valence-electron chi connectivity index (χ3n) is 29.9. The molecule has 0 radical (unpaired) electrons. The minimum Gasteiger partial charge on any atom is -0.497 e. The fraction of sp³-hybridized carbons (Fsp3) is 0.00746. The maximum Gasteiger partial charge on any atom is 0.135 e. The van der Waals surface area contributed by atoms with Crippen LogP contribution in [0.1, 0.15) is 0 Å². The molecule has 0 saturated carbocycles. The lowest BCUT2D eigenvalue weighted by Crippen LogP contribution is -1.95. The first kappa shape index (κ1) is 83.7. The zero-order valence-corrected chi connectivity index (χ0v) is 80.5. The van der Waals surface area contributed by atoms with E-state index < -0.39 is 0 Å². The molecule has 33 rings (SSSR count). The minimum atomic E-state index is 0.864. The van der Waals surface area contributed by atoms with Crippen molar-refractivity contribution in [3.63, 3.8) is 0 Å². The molecule has 0 aliphatic rings. The molecule has 13 heteroatoms. The third-order valence-corrected chi connectivity index (χ3v) is 32.3. The van der Waals surface area contributed by atoms with Crippen molar-refractivity contribution < 1.29 is 26.8 Å². The monoisotopic (exact) mass is 1920 g/mol. The van der Waals surface area contributed by atoms with Gasteiger partial charge < -0.3 is 36.0 Å². The zero-order valence-electron chi connectivity index (χ0n) is 78.9. The van der Waals surface area contributed by atoms with Crippen LogP contribution in [0.5, 0.6) is 5.75 Å². The first-order chi connectivity index (χ1) is 72.8. The second kappa shape index (κ2) is 33.6. The Kier molecular flexibility index (Phi) is 19.1. The molecule has 12 aromatic heterocycles. The zero-order chi connectivity index (χ0) is 96.6. The molecule has 0 atom stereocenters. The first-order valence-electron chi connectivity index (χ1n) is 49.2. The fourth-order valence-electron chi connectivity index (χ4n) is 23.2. The highest BCUT2D eigenvalue weighted by Gasteiger charge is 2.27. The summed E-state index contributed by atoms with van der Waals surface area (Å²) in [5, 5.41) is 36.5. The van der Waals surface area contributed by atoms with Crippen molar-refractivity contribution in [1.29, 1.82) is 0 Å². The number of para-hydroxylation sites is 5. The number of fused-ring (bicyclic) bond motifs is 33. The van der Waals surface area contributed by atoms with Gasteiger partial charge in [-0.05, 0) is 338 Å². The summed E-state index contributed by atoms with van der Waals surface area (Å²) in [6.45, 7) is 0. The number of methoxy groups -OCH3 is 1. The minimum absolute atomic E-state index is 0.864. The van der Waals surface area contributed by atoms with E-state index in [2.05, 4.69) is 364 Å². The van der Waals surface area contributed by atoms with Crippen molar-refractivity contribution in [3.8, 4) is 72.8 Å². The van der Waals surface area contributed by atoms with Gasteiger partial charge in [0, 0.05) is 165 Å². The summed E-state index contributed by atoms with van der Waals surface area (Å²) in [4.78, 5) is 13.2. The van der Waals surface area contributed by atoms with Gasteiger partial charge in [0.05, 0.1) is 54.2 Å². The molecule has 0 amide bonds. The number of rotatable bonds is 8. The number of ether oxygens (including phenoxy) is 1. The van der Waals surface area contributed by atoms with Crippen molar-refractivity contribution in [2.45, 2.75) is 0 Å². The highest BCUT2D eigenvalue weighted by atomic mass is 32.1. The highest BCUT2D eigenvalue weighted by Crippen LogP contribution is 2.53. The maximum atomic E-state index is 6.18. The Morgan fingerprint density at radius 1 is 0.224 bits per heavy atom. The predicted molar refractivity (Wildman–Crippen MR) is 614 cm³/mol. The lowest BCUT2D eigenvalue weighted by atomic mass is 9.85. The molecular formula is C134H79N5O6S2. The molecule has 147 heavy (non-hydrogen) atoms. The van der Waals surface area contributed by atoms with E-state index in [1.807, 2.05) is 121 Å². The third kappa shape index (κ3) is 13.5. The van der Waals surface area contributed by atoms with Gasteiger partial charge in [0.15, 0.2) is 0 Å². The van der Waals surface area contributed by atoms with E-state index in [-0.39, 0.29) is 0 Å². The maximum absolute atomic E-state index is 6.18. The Morgan fingerprint density at radius 2 is 0.653 bits per heavy atom. The number of aromatic nitrogens is 5. The van der Waals surface area contributed by atoms with E-state index >= 15 is 0 Å². The summed E-state index contributed by atoms with van der Waals surface area (Å²) >= 11 is 3.76. The lowest BCUT2D eigenvalue weighted by molar-refractivity contribution is 0.415. The SMILES string of the molecule is COc1ccc(-c2cc3cc4occc4cc3c3c2ccc2c4ccccc4sc23)cc1.c1ccc(-n2c3ccccc3c3cc4c(-c5ccc6oc7ccccc7c6c5)cc5cc6occc6cc5c4cc32)cc1.c1ccc(-n2c3ccccc3c3cc4c(-c5cccnc5)c(-c5ccncc5)c5cc6occc6cc5c4cc32)cc1.c1cncc(-c2cc3cc4occc4cc3c3c2ccc2c4ccccc4sc23)c1. The number of hydrogen-bond acceptors (Lipinski definition) is 11. The number of thiophene rings is 2. The van der Waals surface area contributed by atoms with E-state index in [1.165, 1.54) is 182 Å². The largest absolute Gasteiger partial charge is 0.497 e. The van der Waals surface area contributed by atoms with Crippen molar-refractivity contribution >= 4 is 259 Å². The van der Waals surface area contributed by atoms with Gasteiger partial charge >= 0.3 is 0 Å². The number of pyridine rings is 3. The van der Waals surface area contributed by atoms with Crippen molar-refractivity contribution in [1.82, 2.24) is 24.1 Å². The summed E-state index contributed by atoms with van der Waals surface area (Å²) in [6.07, 6.45) is 18.4. The van der Waals surface area contributed by atoms with E-state index in [9.17, 15) is 0 Å². The van der Waals surface area contributed by atoms with Crippen molar-refractivity contribution in [3.05, 3.63) is 463 Å². The average molecular weight is 1920 g/mol. The molecule has 11 nitrogen and oxygen atoms in total. The molecule has 0 saturated heterocycles. The van der Waals surface area contributed by atoms with Crippen LogP contribution in [0.4, 0.5) is 0 Å². The Balaban J connectivity index is 0.0000000917. The summed E-state index contributed by atoms with van der Waals surface area (Å²) in [5.41, 5.74) is 24.1. The molecule has 0 spiro atoms. The summed E-state index contributed by atoms with van der Waals surface area (Å²) < 4.78 is 44.9. The van der Waals surface area contributed by atoms with E-state index in [4.69, 9.17) is 26.8 Å². The van der Waals surface area contributed by atoms with Gasteiger partial charge in [-0.15, -0.1) is 22.7 Å². The Hall–Kier alpha value is -19.1. The molecule has 33 aromatic rings. The molecule has 21 aromatic carbocycles. The topological polar surface area (TPSA) is 123 Å². The van der Waals surface area contributed by atoms with Crippen LogP contribution in [0.3, 0.4) is 0 Å². The summed E-state index contributed by atoms with van der Waals surface area (Å²) in [5.74, 6) is 0.864. The van der Waals surface area contributed by atoms with Crippen LogP contribution in [-0.2, 0) is 0 Å². The predicted octanol–water partition coefficient (Wildman–Crippen LogP) is 38.3.